The summed E-state index contributed by atoms with van der Waals surface area (Å²) in [6.07, 6.45) is 1.26. The van der Waals surface area contributed by atoms with Crippen LogP contribution in [0.2, 0.25) is 0 Å². The Kier molecular flexibility index (Phi) is 3.63. The van der Waals surface area contributed by atoms with E-state index in [1.54, 1.807) is 0 Å². The molecular weight excluding hydrogens is 104 g/mol. The highest BCUT2D eigenvalue weighted by Crippen LogP contribution is 1.89. The summed E-state index contributed by atoms with van der Waals surface area (Å²) in [5, 5.41) is 0. The summed E-state index contributed by atoms with van der Waals surface area (Å²) in [6, 6.07) is 0. The summed E-state index contributed by atoms with van der Waals surface area (Å²) < 4.78 is 4.66. The van der Waals surface area contributed by atoms with Crippen LogP contribution in [0.1, 0.15) is 0 Å². The molecule has 8 heavy (non-hydrogen) atoms. The van der Waals surface area contributed by atoms with E-state index in [1.807, 2.05) is 0 Å². The molecule has 2 N–H and O–H groups in total. The first-order valence-electron chi connectivity index (χ1n) is 2.14. The summed E-state index contributed by atoms with van der Waals surface area (Å²) in [6.45, 7) is 6.64. The molecule has 0 aliphatic rings. The van der Waals surface area contributed by atoms with Crippen molar-refractivity contribution in [2.75, 3.05) is 13.7 Å². The van der Waals surface area contributed by atoms with E-state index in [2.05, 4.69) is 9.58 Å². The van der Waals surface area contributed by atoms with Gasteiger partial charge in [-0.2, -0.15) is 0 Å². The number of nitrogens with two attached hydrogens (primary N) is 1. The molecule has 3 nitrogen and oxygen atoms in total. The molecule has 0 saturated heterocycles. The molecule has 0 radical (unpaired) electrons. The van der Waals surface area contributed by atoms with Gasteiger partial charge in [-0.25, -0.2) is 4.85 Å². The molecule has 0 aliphatic carbocycles. The van der Waals surface area contributed by atoms with Crippen molar-refractivity contribution in [3.8, 4) is 0 Å². The van der Waals surface area contributed by atoms with Gasteiger partial charge in [-0.15, -0.1) is 0 Å². The first-order valence-corrected chi connectivity index (χ1v) is 2.14. The van der Waals surface area contributed by atoms with Crippen LogP contribution in [0.25, 0.3) is 4.85 Å². The molecule has 0 aromatic heterocycles. The Hall–Kier alpha value is -1.01. The predicted molar refractivity (Wildman–Crippen MR) is 30.7 cm³/mol. The number of hydrogen-bond donors (Lipinski definition) is 1. The van der Waals surface area contributed by atoms with Crippen LogP contribution in [0.15, 0.2) is 12.0 Å². The zero-order valence-corrected chi connectivity index (χ0v) is 4.72. The van der Waals surface area contributed by atoms with Crippen molar-refractivity contribution >= 4 is 0 Å². The van der Waals surface area contributed by atoms with Crippen LogP contribution in [0.4, 0.5) is 0 Å². The van der Waals surface area contributed by atoms with Crippen molar-refractivity contribution in [2.45, 2.75) is 0 Å². The van der Waals surface area contributed by atoms with E-state index in [1.165, 1.54) is 13.3 Å². The first-order chi connectivity index (χ1) is 3.85. The molecule has 0 rings (SSSR count). The molecule has 0 unspecified atom stereocenters. The number of hydrogen-bond acceptors (Lipinski definition) is 2. The zero-order chi connectivity index (χ0) is 6.41. The van der Waals surface area contributed by atoms with Crippen LogP contribution in [0.5, 0.6) is 0 Å². The monoisotopic (exact) mass is 112 g/mol. The fourth-order valence-electron chi connectivity index (χ4n) is 0.261. The minimum Gasteiger partial charge on any atom is -0.511 e. The van der Waals surface area contributed by atoms with Crippen molar-refractivity contribution < 1.29 is 4.74 Å². The minimum absolute atomic E-state index is 0.291. The molecule has 0 aromatic rings. The van der Waals surface area contributed by atoms with E-state index in [0.717, 1.165) is 0 Å². The van der Waals surface area contributed by atoms with E-state index in [0.29, 0.717) is 12.3 Å². The van der Waals surface area contributed by atoms with Gasteiger partial charge in [-0.3, -0.25) is 0 Å². The molecule has 0 fully saturated rings. The van der Waals surface area contributed by atoms with E-state index < -0.39 is 0 Å². The van der Waals surface area contributed by atoms with Crippen molar-refractivity contribution in [3.63, 3.8) is 0 Å². The van der Waals surface area contributed by atoms with Gasteiger partial charge in [0.25, 0.3) is 0 Å². The molecule has 44 valence electrons. The maximum Gasteiger partial charge on any atom is 0.192 e. The highest BCUT2D eigenvalue weighted by atomic mass is 16.5. The SMILES string of the molecule is [C-]#[N+]C=C(CN)OC. The van der Waals surface area contributed by atoms with Gasteiger partial charge >= 0.3 is 0 Å². The van der Waals surface area contributed by atoms with Crippen LogP contribution in [-0.4, -0.2) is 13.7 Å². The van der Waals surface area contributed by atoms with E-state index >= 15 is 0 Å². The normalized spacial score (nSPS) is 10.4. The third-order valence-corrected chi connectivity index (χ3v) is 0.672. The van der Waals surface area contributed by atoms with Gasteiger partial charge < -0.3 is 10.5 Å². The maximum absolute atomic E-state index is 6.35. The molecular formula is C5H8N2O. The highest BCUT2D eigenvalue weighted by molar-refractivity contribution is 4.99. The average molecular weight is 112 g/mol. The molecule has 0 aromatic carbocycles. The number of ether oxygens (including phenoxy) is 1. The standard InChI is InChI=1S/C5H8N2O/c1-7-4-5(3-6)8-2/h4H,3,6H2,2H3. The lowest BCUT2D eigenvalue weighted by molar-refractivity contribution is 0.287. The largest absolute Gasteiger partial charge is 0.511 e. The minimum atomic E-state index is 0.291. The van der Waals surface area contributed by atoms with E-state index in [4.69, 9.17) is 12.3 Å². The van der Waals surface area contributed by atoms with Crippen LogP contribution in [0.3, 0.4) is 0 Å². The van der Waals surface area contributed by atoms with Gasteiger partial charge in [0, 0.05) is 6.54 Å². The van der Waals surface area contributed by atoms with Gasteiger partial charge in [-0.1, -0.05) is 0 Å². The zero-order valence-electron chi connectivity index (χ0n) is 4.72. The molecule has 0 heterocycles. The van der Waals surface area contributed by atoms with Crippen LogP contribution in [0, 0.1) is 6.57 Å². The van der Waals surface area contributed by atoms with Crippen LogP contribution in [-0.2, 0) is 4.74 Å². The molecule has 0 aliphatic heterocycles. The second-order valence-electron chi connectivity index (χ2n) is 1.13. The van der Waals surface area contributed by atoms with Crippen molar-refractivity contribution in [1.82, 2.24) is 0 Å². The van der Waals surface area contributed by atoms with E-state index in [-0.39, 0.29) is 0 Å². The Morgan fingerprint density at radius 3 is 2.75 bits per heavy atom. The topological polar surface area (TPSA) is 39.6 Å². The lowest BCUT2D eigenvalue weighted by Gasteiger charge is -1.97. The number of methoxy groups -OCH3 is 1. The summed E-state index contributed by atoms with van der Waals surface area (Å²) in [7, 11) is 1.49. The first kappa shape index (κ1) is 6.99. The second-order valence-corrected chi connectivity index (χ2v) is 1.13. The Labute approximate surface area is 48.6 Å². The fraction of sp³-hybridized carbons (Fsp3) is 0.400. The van der Waals surface area contributed by atoms with Crippen molar-refractivity contribution in [2.24, 2.45) is 5.73 Å². The Bertz CT molecular complexity index is 117. The second kappa shape index (κ2) is 4.16. The smallest absolute Gasteiger partial charge is 0.192 e. The summed E-state index contributed by atoms with van der Waals surface area (Å²) in [4.78, 5) is 2.96. The maximum atomic E-state index is 6.35. The summed E-state index contributed by atoms with van der Waals surface area (Å²) in [5.41, 5.74) is 5.13. The van der Waals surface area contributed by atoms with Gasteiger partial charge in [-0.05, 0) is 0 Å². The van der Waals surface area contributed by atoms with Crippen molar-refractivity contribution in [3.05, 3.63) is 23.4 Å². The third kappa shape index (κ3) is 2.21. The average Bonchev–Trinajstić information content (AvgIpc) is 1.83. The summed E-state index contributed by atoms with van der Waals surface area (Å²) >= 11 is 0. The quantitative estimate of drug-likeness (QED) is 0.413. The Morgan fingerprint density at radius 1 is 2.00 bits per heavy atom. The fourth-order valence-corrected chi connectivity index (χ4v) is 0.261. The lowest BCUT2D eigenvalue weighted by Crippen LogP contribution is -2.03. The molecule has 0 spiro atoms. The number of nitrogens with zero attached hydrogens (tertiary/aromatic N) is 1. The van der Waals surface area contributed by atoms with Gasteiger partial charge in [0.1, 0.15) is 5.76 Å². The van der Waals surface area contributed by atoms with Crippen LogP contribution >= 0.6 is 0 Å². The summed E-state index contributed by atoms with van der Waals surface area (Å²) in [5.74, 6) is 0.514. The Balaban J connectivity index is 3.72. The van der Waals surface area contributed by atoms with Crippen molar-refractivity contribution in [1.29, 1.82) is 0 Å². The van der Waals surface area contributed by atoms with Crippen LogP contribution < -0.4 is 5.73 Å². The van der Waals surface area contributed by atoms with E-state index in [9.17, 15) is 0 Å². The number of rotatable bonds is 2. The predicted octanol–water partition coefficient (Wildman–Crippen LogP) is 0.352. The van der Waals surface area contributed by atoms with Gasteiger partial charge in [0.05, 0.1) is 13.7 Å². The molecule has 0 amide bonds. The molecule has 0 atom stereocenters. The lowest BCUT2D eigenvalue weighted by atomic mass is 10.5. The Morgan fingerprint density at radius 2 is 2.62 bits per heavy atom. The highest BCUT2D eigenvalue weighted by Gasteiger charge is 1.85. The van der Waals surface area contributed by atoms with Gasteiger partial charge in [0.15, 0.2) is 6.20 Å². The van der Waals surface area contributed by atoms with Gasteiger partial charge in [0.2, 0.25) is 0 Å². The third-order valence-electron chi connectivity index (χ3n) is 0.672. The molecule has 3 heteroatoms. The molecule has 0 bridgehead atoms. The molecule has 0 saturated carbocycles.